The molecule has 0 saturated heterocycles. The van der Waals surface area contributed by atoms with Crippen LogP contribution in [-0.4, -0.2) is 35.8 Å². The van der Waals surface area contributed by atoms with Gasteiger partial charge >= 0.3 is 0 Å². The van der Waals surface area contributed by atoms with E-state index in [0.29, 0.717) is 0 Å². The molecule has 3 rings (SSSR count). The zero-order chi connectivity index (χ0) is 24.4. The van der Waals surface area contributed by atoms with Crippen molar-refractivity contribution in [2.45, 2.75) is 46.1 Å². The van der Waals surface area contributed by atoms with Gasteiger partial charge in [-0.05, 0) is 70.0 Å². The van der Waals surface area contributed by atoms with Gasteiger partial charge < -0.3 is 4.90 Å². The first-order valence-electron chi connectivity index (χ1n) is 11.6. The lowest BCUT2D eigenvalue weighted by Crippen LogP contribution is -2.58. The van der Waals surface area contributed by atoms with Crippen LogP contribution in [0.4, 0.5) is 0 Å². The van der Waals surface area contributed by atoms with E-state index in [1.807, 2.05) is 27.1 Å². The van der Waals surface area contributed by atoms with Gasteiger partial charge in [-0.2, -0.15) is 9.14 Å². The Hall–Kier alpha value is -3.20. The van der Waals surface area contributed by atoms with E-state index < -0.39 is 5.54 Å². The van der Waals surface area contributed by atoms with Crippen molar-refractivity contribution in [3.8, 4) is 11.3 Å². The summed E-state index contributed by atoms with van der Waals surface area (Å²) in [7, 11) is 4.07. The third-order valence-electron chi connectivity index (χ3n) is 7.71. The minimum atomic E-state index is -0.504. The standard InChI is InChI=1S/C30H39N3/c1-10-20-32(9)30(6)25(4)33-21-14-13-17-28(33)27-16-12-11-15-26(27)18-19-29(30,5)23(2)22-24(3)31(7)8/h10-17,20-22H,3-4,9,18-19H2,1-2,5-8H3/q+2/b20-10-,23-22+. The molecular formula is C30H39N3+2. The molecule has 0 N–H and O–H groups in total. The average molecular weight is 442 g/mol. The zero-order valence-corrected chi connectivity index (χ0v) is 21.2. The highest BCUT2D eigenvalue weighted by atomic mass is 15.1. The highest BCUT2D eigenvalue weighted by molar-refractivity contribution is 5.64. The fourth-order valence-corrected chi connectivity index (χ4v) is 5.00. The number of hydrogen-bond donors (Lipinski definition) is 0. The van der Waals surface area contributed by atoms with Gasteiger partial charge in [-0.15, -0.1) is 0 Å². The third-order valence-corrected chi connectivity index (χ3v) is 7.71. The van der Waals surface area contributed by atoms with Crippen molar-refractivity contribution in [2.75, 3.05) is 14.1 Å². The molecule has 0 aliphatic carbocycles. The fraction of sp³-hybridized carbons (Fsp3) is 0.333. The monoisotopic (exact) mass is 441 g/mol. The number of allylic oxidation sites excluding steroid dienone is 2. The van der Waals surface area contributed by atoms with Crippen LogP contribution in [0, 0.1) is 5.41 Å². The first-order chi connectivity index (χ1) is 15.6. The molecule has 1 aliphatic heterocycles. The second-order valence-corrected chi connectivity index (χ2v) is 9.63. The van der Waals surface area contributed by atoms with Crippen LogP contribution in [0.5, 0.6) is 0 Å². The molecule has 33 heavy (non-hydrogen) atoms. The molecule has 2 atom stereocenters. The van der Waals surface area contributed by atoms with E-state index in [0.717, 1.165) is 29.9 Å². The van der Waals surface area contributed by atoms with Gasteiger partial charge in [0.15, 0.2) is 12.4 Å². The highest BCUT2D eigenvalue weighted by Gasteiger charge is 2.60. The van der Waals surface area contributed by atoms with Gasteiger partial charge in [0.25, 0.3) is 11.2 Å². The fourth-order valence-electron chi connectivity index (χ4n) is 5.00. The van der Waals surface area contributed by atoms with E-state index in [1.54, 1.807) is 0 Å². The Morgan fingerprint density at radius 1 is 1.12 bits per heavy atom. The maximum atomic E-state index is 4.71. The molecule has 3 heteroatoms. The largest absolute Gasteiger partial charge is 0.378 e. The molecular weight excluding hydrogens is 402 g/mol. The Balaban J connectivity index is 2.38. The van der Waals surface area contributed by atoms with E-state index >= 15 is 0 Å². The van der Waals surface area contributed by atoms with E-state index in [1.165, 1.54) is 16.7 Å². The number of aryl methyl sites for hydroxylation is 1. The Morgan fingerprint density at radius 2 is 1.79 bits per heavy atom. The topological polar surface area (TPSA) is 10.1 Å². The number of nitrogens with zero attached hydrogens (tertiary/aromatic N) is 3. The lowest BCUT2D eigenvalue weighted by Gasteiger charge is -2.42. The summed E-state index contributed by atoms with van der Waals surface area (Å²) in [4.78, 5) is 2.06. The molecule has 1 aliphatic rings. The number of fused-ring (bicyclic) bond motifs is 3. The van der Waals surface area contributed by atoms with Gasteiger partial charge in [0.1, 0.15) is 6.72 Å². The van der Waals surface area contributed by atoms with Crippen LogP contribution >= 0.6 is 0 Å². The summed E-state index contributed by atoms with van der Waals surface area (Å²) in [5.41, 5.74) is 6.22. The smallest absolute Gasteiger partial charge is 0.255 e. The van der Waals surface area contributed by atoms with Gasteiger partial charge in [-0.3, -0.25) is 0 Å². The van der Waals surface area contributed by atoms with Crippen LogP contribution in [0.15, 0.2) is 91.4 Å². The zero-order valence-electron chi connectivity index (χ0n) is 21.2. The number of hydrogen-bond acceptors (Lipinski definition) is 1. The maximum absolute atomic E-state index is 4.71. The number of benzene rings is 1. The molecule has 0 fully saturated rings. The van der Waals surface area contributed by atoms with Crippen molar-refractivity contribution in [1.82, 2.24) is 4.90 Å². The predicted octanol–water partition coefficient (Wildman–Crippen LogP) is 6.09. The second-order valence-electron chi connectivity index (χ2n) is 9.63. The molecule has 2 heterocycles. The molecule has 172 valence electrons. The highest BCUT2D eigenvalue weighted by Crippen LogP contribution is 2.49. The summed E-state index contributed by atoms with van der Waals surface area (Å²) in [5, 5.41) is 0. The molecule has 0 bridgehead atoms. The Labute approximate surface area is 200 Å². The molecule has 0 saturated carbocycles. The van der Waals surface area contributed by atoms with Crippen LogP contribution in [0.3, 0.4) is 0 Å². The Bertz CT molecular complexity index is 1150. The van der Waals surface area contributed by atoms with E-state index in [4.69, 9.17) is 6.58 Å². The van der Waals surface area contributed by atoms with Gasteiger partial charge in [-0.1, -0.05) is 30.4 Å². The molecule has 0 amide bonds. The molecule has 1 aromatic heterocycles. The summed E-state index contributed by atoms with van der Waals surface area (Å²) in [6.45, 7) is 22.4. The lowest BCUT2D eigenvalue weighted by atomic mass is 9.62. The van der Waals surface area contributed by atoms with Crippen LogP contribution in [0.2, 0.25) is 0 Å². The minimum Gasteiger partial charge on any atom is -0.378 e. The molecule has 3 nitrogen and oxygen atoms in total. The Kier molecular flexibility index (Phi) is 6.92. The van der Waals surface area contributed by atoms with Crippen molar-refractivity contribution >= 4 is 12.4 Å². The van der Waals surface area contributed by atoms with E-state index in [9.17, 15) is 0 Å². The predicted molar refractivity (Wildman–Crippen MR) is 141 cm³/mol. The summed E-state index contributed by atoms with van der Waals surface area (Å²) < 4.78 is 4.34. The summed E-state index contributed by atoms with van der Waals surface area (Å²) in [5.74, 6) is 0. The summed E-state index contributed by atoms with van der Waals surface area (Å²) in [6.07, 6.45) is 10.3. The van der Waals surface area contributed by atoms with Crippen molar-refractivity contribution in [2.24, 2.45) is 5.41 Å². The second kappa shape index (κ2) is 9.35. The summed E-state index contributed by atoms with van der Waals surface area (Å²) in [6, 6.07) is 15.1. The maximum Gasteiger partial charge on any atom is 0.255 e. The quantitative estimate of drug-likeness (QED) is 0.310. The van der Waals surface area contributed by atoms with Crippen molar-refractivity contribution < 1.29 is 9.14 Å². The van der Waals surface area contributed by atoms with E-state index in [2.05, 4.69) is 109 Å². The lowest BCUT2D eigenvalue weighted by molar-refractivity contribution is -0.626. The van der Waals surface area contributed by atoms with Crippen molar-refractivity contribution in [3.05, 3.63) is 97.0 Å². The van der Waals surface area contributed by atoms with Gasteiger partial charge in [0.05, 0.1) is 5.41 Å². The summed E-state index contributed by atoms with van der Waals surface area (Å²) >= 11 is 0. The van der Waals surface area contributed by atoms with E-state index in [-0.39, 0.29) is 5.41 Å². The molecule has 0 radical (unpaired) electrons. The van der Waals surface area contributed by atoms with Crippen LogP contribution < -0.4 is 4.57 Å². The van der Waals surface area contributed by atoms with Crippen LogP contribution in [0.1, 0.15) is 39.7 Å². The number of pyridine rings is 1. The van der Waals surface area contributed by atoms with Crippen molar-refractivity contribution in [3.63, 3.8) is 0 Å². The van der Waals surface area contributed by atoms with Crippen molar-refractivity contribution in [1.29, 1.82) is 0 Å². The molecule has 1 aromatic carbocycles. The van der Waals surface area contributed by atoms with Crippen LogP contribution in [-0.2, 0) is 6.42 Å². The van der Waals surface area contributed by atoms with Crippen LogP contribution in [0.25, 0.3) is 17.0 Å². The molecule has 2 unspecified atom stereocenters. The first kappa shape index (κ1) is 24.4. The normalized spacial score (nSPS) is 23.2. The third kappa shape index (κ3) is 4.13. The van der Waals surface area contributed by atoms with Gasteiger partial charge in [0, 0.05) is 44.4 Å². The number of rotatable bonds is 5. The Morgan fingerprint density at radius 3 is 2.45 bits per heavy atom. The number of aromatic nitrogens is 1. The minimum absolute atomic E-state index is 0.276. The number of likely N-dealkylation sites (N-methyl/N-ethyl adjacent to an activating group) is 1. The molecule has 2 aromatic rings. The van der Waals surface area contributed by atoms with Gasteiger partial charge in [0.2, 0.25) is 5.69 Å². The average Bonchev–Trinajstić information content (AvgIpc) is 2.83. The first-order valence-corrected chi connectivity index (χ1v) is 11.6. The molecule has 0 spiro atoms. The SMILES string of the molecule is C=C(/C=C(\C)C1(C)CCc2ccccc2-c2cccc[n+]2C(=C)C1(C)[N+](=C)/C=C\C)N(C)C. The van der Waals surface area contributed by atoms with Gasteiger partial charge in [-0.25, -0.2) is 0 Å².